The van der Waals surface area contributed by atoms with E-state index in [1.165, 1.54) is 11.6 Å². The van der Waals surface area contributed by atoms with Gasteiger partial charge in [0, 0.05) is 19.7 Å². The number of imidazole rings is 1. The molecule has 0 aliphatic rings. The number of hydrogen-bond donors (Lipinski definition) is 1. The zero-order valence-electron chi connectivity index (χ0n) is 11.4. The summed E-state index contributed by atoms with van der Waals surface area (Å²) < 4.78 is 3.88. The van der Waals surface area contributed by atoms with Crippen LogP contribution in [0.25, 0.3) is 17.1 Å². The van der Waals surface area contributed by atoms with Crippen LogP contribution in [0.5, 0.6) is 0 Å². The van der Waals surface area contributed by atoms with E-state index in [4.69, 9.17) is 0 Å². The first-order valence-corrected chi connectivity index (χ1v) is 6.15. The second-order valence-electron chi connectivity index (χ2n) is 4.63. The van der Waals surface area contributed by atoms with Gasteiger partial charge >= 0.3 is 11.6 Å². The molecule has 0 saturated heterocycles. The number of carbonyl (C=O) groups is 1. The van der Waals surface area contributed by atoms with E-state index in [9.17, 15) is 14.4 Å². The highest BCUT2D eigenvalue weighted by Crippen LogP contribution is 2.04. The van der Waals surface area contributed by atoms with Gasteiger partial charge in [-0.25, -0.2) is 14.3 Å². The standard InChI is InChI=1S/C13H11N5O3/c1-16-10-9(11(20)17(2)13(16)21)14-12(15-10)18-5-3-4-8(6-18)7-19/h3-7H,1-2H3/p+1. The second-order valence-corrected chi connectivity index (χ2v) is 4.63. The van der Waals surface area contributed by atoms with Gasteiger partial charge in [0.05, 0.1) is 12.4 Å². The number of aldehydes is 1. The van der Waals surface area contributed by atoms with Crippen LogP contribution in [0.15, 0.2) is 34.1 Å². The lowest BCUT2D eigenvalue weighted by molar-refractivity contribution is -0.603. The minimum atomic E-state index is -0.447. The minimum absolute atomic E-state index is 0.235. The van der Waals surface area contributed by atoms with Crippen LogP contribution >= 0.6 is 0 Å². The molecule has 0 unspecified atom stereocenters. The van der Waals surface area contributed by atoms with Gasteiger partial charge in [-0.15, -0.1) is 0 Å². The van der Waals surface area contributed by atoms with Gasteiger partial charge in [-0.3, -0.25) is 18.7 Å². The summed E-state index contributed by atoms with van der Waals surface area (Å²) in [6, 6.07) is 3.34. The summed E-state index contributed by atoms with van der Waals surface area (Å²) in [6.45, 7) is 0. The van der Waals surface area contributed by atoms with Crippen molar-refractivity contribution in [3.05, 3.63) is 50.9 Å². The van der Waals surface area contributed by atoms with Gasteiger partial charge in [0.25, 0.3) is 11.2 Å². The van der Waals surface area contributed by atoms with Gasteiger partial charge in [-0.2, -0.15) is 0 Å². The second kappa shape index (κ2) is 4.51. The minimum Gasteiger partial charge on any atom is -0.298 e. The Hall–Kier alpha value is -3.03. The predicted molar refractivity (Wildman–Crippen MR) is 73.5 cm³/mol. The molecule has 0 bridgehead atoms. The van der Waals surface area contributed by atoms with Crippen molar-refractivity contribution in [3.63, 3.8) is 0 Å². The number of pyridine rings is 1. The average Bonchev–Trinajstić information content (AvgIpc) is 2.96. The Morgan fingerprint density at radius 3 is 2.76 bits per heavy atom. The molecule has 21 heavy (non-hydrogen) atoms. The molecular formula is C13H12N5O3+. The third kappa shape index (κ3) is 1.88. The largest absolute Gasteiger partial charge is 0.403 e. The van der Waals surface area contributed by atoms with Crippen LogP contribution in [0.3, 0.4) is 0 Å². The van der Waals surface area contributed by atoms with E-state index < -0.39 is 11.2 Å². The summed E-state index contributed by atoms with van der Waals surface area (Å²) in [4.78, 5) is 41.9. The molecule has 0 saturated carbocycles. The number of nitrogens with zero attached hydrogens (tertiary/aromatic N) is 4. The van der Waals surface area contributed by atoms with Crippen molar-refractivity contribution in [2.24, 2.45) is 14.1 Å². The van der Waals surface area contributed by atoms with E-state index in [0.717, 1.165) is 4.57 Å². The number of carbonyl (C=O) groups excluding carboxylic acids is 1. The zero-order valence-corrected chi connectivity index (χ0v) is 11.4. The van der Waals surface area contributed by atoms with Crippen molar-refractivity contribution in [2.75, 3.05) is 0 Å². The Bertz CT molecular complexity index is 980. The number of aromatic amines is 1. The molecule has 0 fully saturated rings. The normalized spacial score (nSPS) is 11.0. The van der Waals surface area contributed by atoms with Crippen LogP contribution in [0.1, 0.15) is 10.4 Å². The monoisotopic (exact) mass is 286 g/mol. The van der Waals surface area contributed by atoms with Gasteiger partial charge in [0.2, 0.25) is 5.52 Å². The highest BCUT2D eigenvalue weighted by Gasteiger charge is 2.21. The van der Waals surface area contributed by atoms with Gasteiger partial charge in [0.1, 0.15) is 0 Å². The highest BCUT2D eigenvalue weighted by molar-refractivity contribution is 5.73. The van der Waals surface area contributed by atoms with Crippen LogP contribution in [-0.4, -0.2) is 25.4 Å². The van der Waals surface area contributed by atoms with E-state index in [-0.39, 0.29) is 11.2 Å². The summed E-state index contributed by atoms with van der Waals surface area (Å²) in [5.74, 6) is 0.354. The lowest BCUT2D eigenvalue weighted by Gasteiger charge is -1.98. The summed E-state index contributed by atoms with van der Waals surface area (Å²) in [7, 11) is 2.95. The topological polar surface area (TPSA) is 93.6 Å². The first-order valence-electron chi connectivity index (χ1n) is 6.15. The number of aromatic nitrogens is 5. The molecular weight excluding hydrogens is 274 g/mol. The number of fused-ring (bicyclic) bond motifs is 1. The Balaban J connectivity index is 2.34. The Morgan fingerprint density at radius 2 is 2.05 bits per heavy atom. The maximum Gasteiger partial charge on any atom is 0.403 e. The van der Waals surface area contributed by atoms with Gasteiger partial charge < -0.3 is 0 Å². The Morgan fingerprint density at radius 1 is 1.29 bits per heavy atom. The van der Waals surface area contributed by atoms with Gasteiger partial charge in [0.15, 0.2) is 6.29 Å². The summed E-state index contributed by atoms with van der Waals surface area (Å²) >= 11 is 0. The fourth-order valence-corrected chi connectivity index (χ4v) is 2.13. The molecule has 3 heterocycles. The zero-order chi connectivity index (χ0) is 15.1. The highest BCUT2D eigenvalue weighted by atomic mass is 16.2. The van der Waals surface area contributed by atoms with Crippen molar-refractivity contribution >= 4 is 17.5 Å². The smallest absolute Gasteiger partial charge is 0.298 e. The molecule has 106 valence electrons. The van der Waals surface area contributed by atoms with E-state index in [0.29, 0.717) is 17.8 Å². The van der Waals surface area contributed by atoms with Crippen LogP contribution in [0, 0.1) is 0 Å². The maximum absolute atomic E-state index is 12.1. The molecule has 0 atom stereocenters. The van der Waals surface area contributed by atoms with Crippen molar-refractivity contribution in [3.8, 4) is 5.95 Å². The first kappa shape index (κ1) is 13.0. The molecule has 1 N–H and O–H groups in total. The molecule has 0 radical (unpaired) electrons. The van der Waals surface area contributed by atoms with Crippen LogP contribution in [0.4, 0.5) is 0 Å². The van der Waals surface area contributed by atoms with Gasteiger partial charge in [-0.1, -0.05) is 0 Å². The van der Waals surface area contributed by atoms with E-state index >= 15 is 0 Å². The molecule has 3 aromatic rings. The van der Waals surface area contributed by atoms with Crippen molar-refractivity contribution in [1.82, 2.24) is 19.1 Å². The number of rotatable bonds is 2. The molecule has 8 heteroatoms. The molecule has 3 aromatic heterocycles. The Labute approximate surface area is 117 Å². The number of H-pyrrole nitrogens is 1. The number of aryl methyl sites for hydroxylation is 1. The fourth-order valence-electron chi connectivity index (χ4n) is 2.13. The number of nitrogens with one attached hydrogen (secondary N) is 1. The first-order chi connectivity index (χ1) is 10.0. The third-order valence-electron chi connectivity index (χ3n) is 3.29. The fraction of sp³-hybridized carbons (Fsp3) is 0.154. The van der Waals surface area contributed by atoms with Crippen molar-refractivity contribution < 1.29 is 9.36 Å². The SMILES string of the molecule is Cn1c(=O)c2[nH]c(-[n+]3cccc(C=O)c3)nc2n(C)c1=O. The van der Waals surface area contributed by atoms with Gasteiger partial charge in [-0.05, 0) is 17.1 Å². The molecule has 3 rings (SSSR count). The quantitative estimate of drug-likeness (QED) is 0.485. The Kier molecular flexibility index (Phi) is 2.79. The van der Waals surface area contributed by atoms with Crippen LogP contribution in [-0.2, 0) is 14.1 Å². The molecule has 0 aliphatic carbocycles. The van der Waals surface area contributed by atoms with Crippen LogP contribution in [0.2, 0.25) is 0 Å². The van der Waals surface area contributed by atoms with E-state index in [1.807, 2.05) is 0 Å². The van der Waals surface area contributed by atoms with Crippen molar-refractivity contribution in [1.29, 1.82) is 0 Å². The molecule has 0 amide bonds. The van der Waals surface area contributed by atoms with E-state index in [2.05, 4.69) is 9.97 Å². The molecule has 0 aromatic carbocycles. The molecule has 8 nitrogen and oxygen atoms in total. The molecule has 0 aliphatic heterocycles. The third-order valence-corrected chi connectivity index (χ3v) is 3.29. The average molecular weight is 286 g/mol. The summed E-state index contributed by atoms with van der Waals surface area (Å²) in [6.07, 6.45) is 3.98. The maximum atomic E-state index is 12.1. The van der Waals surface area contributed by atoms with Crippen molar-refractivity contribution in [2.45, 2.75) is 0 Å². The lowest BCUT2D eigenvalue weighted by atomic mass is 10.3. The van der Waals surface area contributed by atoms with Crippen LogP contribution < -0.4 is 15.8 Å². The molecule has 0 spiro atoms. The lowest BCUT2D eigenvalue weighted by Crippen LogP contribution is -2.36. The summed E-state index contributed by atoms with van der Waals surface area (Å²) in [5.41, 5.74) is 0.0802. The van der Waals surface area contributed by atoms with E-state index in [1.54, 1.807) is 36.1 Å². The summed E-state index contributed by atoms with van der Waals surface area (Å²) in [5, 5.41) is 0. The number of hydrogen-bond acceptors (Lipinski definition) is 4. The predicted octanol–water partition coefficient (Wildman–Crippen LogP) is -0.951.